The first-order chi connectivity index (χ1) is 8.81. The average molecular weight is 306 g/mol. The summed E-state index contributed by atoms with van der Waals surface area (Å²) in [6.45, 7) is 0.501. The van der Waals surface area contributed by atoms with Gasteiger partial charge in [-0.25, -0.2) is 4.68 Å². The Kier molecular flexibility index (Phi) is 2.85. The highest BCUT2D eigenvalue weighted by Crippen LogP contribution is 2.14. The molecule has 0 amide bonds. The molecule has 0 aliphatic rings. The van der Waals surface area contributed by atoms with Gasteiger partial charge in [0.25, 0.3) is 0 Å². The normalized spacial score (nSPS) is 10.7. The first-order valence-corrected chi connectivity index (χ1v) is 5.98. The van der Waals surface area contributed by atoms with E-state index in [1.807, 2.05) is 24.3 Å². The summed E-state index contributed by atoms with van der Waals surface area (Å²) in [6, 6.07) is 7.77. The molecular weight excluding hydrogens is 298 g/mol. The van der Waals surface area contributed by atoms with Crippen LogP contribution in [-0.4, -0.2) is 35.2 Å². The molecule has 8 heteroatoms. The number of hydrogen-bond donors (Lipinski definition) is 0. The predicted octanol–water partition coefficient (Wildman–Crippen LogP) is 1.06. The number of tetrazole rings is 1. The highest BCUT2D eigenvalue weighted by molar-refractivity contribution is 9.10. The Morgan fingerprint density at radius 3 is 3.00 bits per heavy atom. The van der Waals surface area contributed by atoms with Crippen LogP contribution in [0.15, 0.2) is 41.3 Å². The Hall–Kier alpha value is -2.09. The Labute approximate surface area is 111 Å². The molecule has 2 aromatic heterocycles. The van der Waals surface area contributed by atoms with Crippen molar-refractivity contribution in [2.45, 2.75) is 6.54 Å². The van der Waals surface area contributed by atoms with E-state index in [2.05, 4.69) is 41.7 Å². The van der Waals surface area contributed by atoms with Gasteiger partial charge in [0, 0.05) is 4.47 Å². The van der Waals surface area contributed by atoms with E-state index in [4.69, 9.17) is 0 Å². The van der Waals surface area contributed by atoms with E-state index in [1.165, 1.54) is 6.33 Å². The van der Waals surface area contributed by atoms with Crippen molar-refractivity contribution in [1.82, 2.24) is 35.2 Å². The third-order valence-electron chi connectivity index (χ3n) is 2.29. The third-order valence-corrected chi connectivity index (χ3v) is 2.79. The van der Waals surface area contributed by atoms with Gasteiger partial charge in [-0.1, -0.05) is 22.0 Å². The summed E-state index contributed by atoms with van der Waals surface area (Å²) in [6.07, 6.45) is 3.24. The molecule has 0 saturated carbocycles. The molecule has 0 atom stereocenters. The van der Waals surface area contributed by atoms with Gasteiger partial charge in [-0.15, -0.1) is 5.10 Å². The highest BCUT2D eigenvalue weighted by Gasteiger charge is 2.04. The van der Waals surface area contributed by atoms with Crippen molar-refractivity contribution in [3.05, 3.63) is 47.0 Å². The SMILES string of the molecule is Brc1cccc(-n2ncc(Cn3cnnn3)n2)c1. The van der Waals surface area contributed by atoms with Gasteiger partial charge in [-0.3, -0.25) is 0 Å². The molecule has 2 heterocycles. The van der Waals surface area contributed by atoms with E-state index in [0.29, 0.717) is 6.54 Å². The van der Waals surface area contributed by atoms with Gasteiger partial charge < -0.3 is 0 Å². The largest absolute Gasteiger partial charge is 0.226 e. The third kappa shape index (κ3) is 2.28. The monoisotopic (exact) mass is 305 g/mol. The van der Waals surface area contributed by atoms with Crippen LogP contribution in [0.2, 0.25) is 0 Å². The van der Waals surface area contributed by atoms with Crippen LogP contribution in [0.25, 0.3) is 5.69 Å². The van der Waals surface area contributed by atoms with Gasteiger partial charge in [-0.2, -0.15) is 15.0 Å². The first kappa shape index (κ1) is 11.0. The van der Waals surface area contributed by atoms with Crippen molar-refractivity contribution in [2.24, 2.45) is 0 Å². The van der Waals surface area contributed by atoms with Gasteiger partial charge in [-0.05, 0) is 28.6 Å². The van der Waals surface area contributed by atoms with Crippen molar-refractivity contribution in [1.29, 1.82) is 0 Å². The first-order valence-electron chi connectivity index (χ1n) is 5.19. The van der Waals surface area contributed by atoms with Crippen LogP contribution in [0.3, 0.4) is 0 Å². The second-order valence-electron chi connectivity index (χ2n) is 3.61. The number of hydrogen-bond acceptors (Lipinski definition) is 5. The molecule has 7 nitrogen and oxygen atoms in total. The average Bonchev–Trinajstić information content (AvgIpc) is 3.01. The van der Waals surface area contributed by atoms with Crippen LogP contribution >= 0.6 is 15.9 Å². The molecule has 0 fully saturated rings. The van der Waals surface area contributed by atoms with Gasteiger partial charge in [0.05, 0.1) is 18.4 Å². The molecule has 90 valence electrons. The van der Waals surface area contributed by atoms with Crippen LogP contribution in [-0.2, 0) is 6.54 Å². The Morgan fingerprint density at radius 1 is 1.28 bits per heavy atom. The Bertz CT molecular complexity index is 646. The molecule has 0 aliphatic heterocycles. The fourth-order valence-corrected chi connectivity index (χ4v) is 1.90. The molecule has 0 unspecified atom stereocenters. The van der Waals surface area contributed by atoms with E-state index in [9.17, 15) is 0 Å². The lowest BCUT2D eigenvalue weighted by atomic mass is 10.3. The Morgan fingerprint density at radius 2 is 2.22 bits per heavy atom. The molecule has 3 rings (SSSR count). The zero-order chi connectivity index (χ0) is 12.4. The van der Waals surface area contributed by atoms with Crippen LogP contribution in [0, 0.1) is 0 Å². The van der Waals surface area contributed by atoms with Crippen LogP contribution in [0.1, 0.15) is 5.69 Å². The zero-order valence-electron chi connectivity index (χ0n) is 9.18. The number of aromatic nitrogens is 7. The van der Waals surface area contributed by atoms with Gasteiger partial charge in [0.15, 0.2) is 0 Å². The van der Waals surface area contributed by atoms with Crippen molar-refractivity contribution in [3.63, 3.8) is 0 Å². The molecule has 18 heavy (non-hydrogen) atoms. The van der Waals surface area contributed by atoms with Crippen LogP contribution in [0.4, 0.5) is 0 Å². The minimum atomic E-state index is 0.501. The van der Waals surface area contributed by atoms with E-state index in [0.717, 1.165) is 15.9 Å². The predicted molar refractivity (Wildman–Crippen MR) is 66.0 cm³/mol. The topological polar surface area (TPSA) is 74.3 Å². The number of halogens is 1. The molecule has 3 aromatic rings. The summed E-state index contributed by atoms with van der Waals surface area (Å²) in [4.78, 5) is 1.57. The van der Waals surface area contributed by atoms with E-state index in [1.54, 1.807) is 15.7 Å². The van der Waals surface area contributed by atoms with Crippen molar-refractivity contribution in [2.75, 3.05) is 0 Å². The molecule has 0 bridgehead atoms. The Balaban J connectivity index is 1.85. The maximum absolute atomic E-state index is 4.36. The smallest absolute Gasteiger partial charge is 0.138 e. The van der Waals surface area contributed by atoms with E-state index < -0.39 is 0 Å². The van der Waals surface area contributed by atoms with Crippen LogP contribution < -0.4 is 0 Å². The number of benzene rings is 1. The molecule has 0 radical (unpaired) electrons. The fraction of sp³-hybridized carbons (Fsp3) is 0.100. The zero-order valence-corrected chi connectivity index (χ0v) is 10.8. The lowest BCUT2D eigenvalue weighted by Gasteiger charge is -1.99. The summed E-state index contributed by atoms with van der Waals surface area (Å²) in [7, 11) is 0. The summed E-state index contributed by atoms with van der Waals surface area (Å²) >= 11 is 3.42. The van der Waals surface area contributed by atoms with Crippen molar-refractivity contribution in [3.8, 4) is 5.69 Å². The highest BCUT2D eigenvalue weighted by atomic mass is 79.9. The second-order valence-corrected chi connectivity index (χ2v) is 4.53. The summed E-state index contributed by atoms with van der Waals surface area (Å²) in [5.74, 6) is 0. The molecular formula is C10H8BrN7. The number of rotatable bonds is 3. The minimum Gasteiger partial charge on any atom is -0.226 e. The standard InChI is InChI=1S/C10H8BrN7/c11-8-2-1-3-10(4-8)18-13-5-9(14-18)6-17-7-12-15-16-17/h1-5,7H,6H2. The number of nitrogens with zero attached hydrogens (tertiary/aromatic N) is 7. The molecule has 0 aliphatic carbocycles. The molecule has 0 N–H and O–H groups in total. The lowest BCUT2D eigenvalue weighted by Crippen LogP contribution is -2.03. The van der Waals surface area contributed by atoms with Gasteiger partial charge >= 0.3 is 0 Å². The minimum absolute atomic E-state index is 0.501. The molecule has 1 aromatic carbocycles. The summed E-state index contributed by atoms with van der Waals surface area (Å²) in [5, 5.41) is 19.5. The molecule has 0 spiro atoms. The van der Waals surface area contributed by atoms with E-state index in [-0.39, 0.29) is 0 Å². The quantitative estimate of drug-likeness (QED) is 0.723. The van der Waals surface area contributed by atoms with Gasteiger partial charge in [0.1, 0.15) is 12.0 Å². The fourth-order valence-electron chi connectivity index (χ4n) is 1.51. The molecule has 0 saturated heterocycles. The van der Waals surface area contributed by atoms with E-state index >= 15 is 0 Å². The van der Waals surface area contributed by atoms with Crippen molar-refractivity contribution < 1.29 is 0 Å². The maximum atomic E-state index is 4.36. The summed E-state index contributed by atoms with van der Waals surface area (Å²) < 4.78 is 2.58. The lowest BCUT2D eigenvalue weighted by molar-refractivity contribution is 0.628. The van der Waals surface area contributed by atoms with Crippen LogP contribution in [0.5, 0.6) is 0 Å². The van der Waals surface area contributed by atoms with Crippen molar-refractivity contribution >= 4 is 15.9 Å². The van der Waals surface area contributed by atoms with Gasteiger partial charge in [0.2, 0.25) is 0 Å². The second kappa shape index (κ2) is 4.65. The summed E-state index contributed by atoms with van der Waals surface area (Å²) in [5.41, 5.74) is 1.69. The maximum Gasteiger partial charge on any atom is 0.138 e.